The van der Waals surface area contributed by atoms with Crippen LogP contribution in [-0.2, 0) is 14.3 Å². The minimum Gasteiger partial charge on any atom is -0.462 e. The maximum Gasteiger partial charge on any atom is 0.306 e. The van der Waals surface area contributed by atoms with Gasteiger partial charge in [-0.25, -0.2) is 0 Å². The molecule has 1 amide bonds. The van der Waals surface area contributed by atoms with Gasteiger partial charge in [-0.3, -0.25) is 9.59 Å². The van der Waals surface area contributed by atoms with E-state index in [1.165, 1.54) is 148 Å². The van der Waals surface area contributed by atoms with Crippen LogP contribution in [0.3, 0.4) is 0 Å². The molecule has 0 bridgehead atoms. The number of ether oxygens (including phenoxy) is 1. The lowest BCUT2D eigenvalue weighted by Crippen LogP contribution is -2.46. The number of esters is 1. The minimum atomic E-state index is -0.794. The lowest BCUT2D eigenvalue weighted by atomic mass is 10.0. The van der Waals surface area contributed by atoms with E-state index >= 15 is 0 Å². The lowest BCUT2D eigenvalue weighted by molar-refractivity contribution is -0.151. The van der Waals surface area contributed by atoms with Crippen LogP contribution in [0.1, 0.15) is 278 Å². The maximum atomic E-state index is 13.2. The van der Waals surface area contributed by atoms with Gasteiger partial charge in [0.1, 0.15) is 6.10 Å². The van der Waals surface area contributed by atoms with Crippen molar-refractivity contribution in [3.05, 3.63) is 48.6 Å². The van der Waals surface area contributed by atoms with E-state index in [-0.39, 0.29) is 24.9 Å². The molecule has 0 rings (SSSR count). The van der Waals surface area contributed by atoms with Gasteiger partial charge >= 0.3 is 5.97 Å². The van der Waals surface area contributed by atoms with Crippen molar-refractivity contribution in [2.24, 2.45) is 0 Å². The summed E-state index contributed by atoms with van der Waals surface area (Å²) in [6.45, 7) is 6.46. The van der Waals surface area contributed by atoms with Crippen LogP contribution in [0.2, 0.25) is 0 Å². The molecule has 63 heavy (non-hydrogen) atoms. The first-order chi connectivity index (χ1) is 31.0. The van der Waals surface area contributed by atoms with E-state index in [0.29, 0.717) is 19.3 Å². The lowest BCUT2D eigenvalue weighted by Gasteiger charge is -2.24. The first kappa shape index (κ1) is 60.8. The highest BCUT2D eigenvalue weighted by Crippen LogP contribution is 2.17. The van der Waals surface area contributed by atoms with Crippen molar-refractivity contribution in [3.8, 4) is 0 Å². The fraction of sp³-hybridized carbons (Fsp3) is 0.825. The number of aliphatic hydroxyl groups is 2. The number of unbranched alkanes of at least 4 members (excludes halogenated alkanes) is 31. The van der Waals surface area contributed by atoms with Crippen molar-refractivity contribution in [3.63, 3.8) is 0 Å². The van der Waals surface area contributed by atoms with Crippen LogP contribution < -0.4 is 5.32 Å². The van der Waals surface area contributed by atoms with Crippen molar-refractivity contribution in [1.29, 1.82) is 0 Å². The van der Waals surface area contributed by atoms with Gasteiger partial charge in [0.05, 0.1) is 25.2 Å². The molecular weight excluding hydrogens is 779 g/mol. The molecule has 0 fully saturated rings. The number of amides is 1. The Hall–Kier alpha value is -2.18. The van der Waals surface area contributed by atoms with Gasteiger partial charge in [-0.05, 0) is 77.0 Å². The third-order valence-electron chi connectivity index (χ3n) is 12.4. The normalized spacial score (nSPS) is 13.5. The number of carbonyl (C=O) groups excluding carboxylic acids is 2. The molecule has 0 spiro atoms. The summed E-state index contributed by atoms with van der Waals surface area (Å²) in [6, 6.07) is -0.710. The van der Waals surface area contributed by atoms with Gasteiger partial charge in [-0.15, -0.1) is 0 Å². The van der Waals surface area contributed by atoms with Crippen LogP contribution in [0.4, 0.5) is 0 Å². The number of carbonyl (C=O) groups is 2. The molecule has 0 aromatic heterocycles. The van der Waals surface area contributed by atoms with Crippen molar-refractivity contribution in [2.75, 3.05) is 6.61 Å². The predicted octanol–water partition coefficient (Wildman–Crippen LogP) is 16.6. The van der Waals surface area contributed by atoms with E-state index in [0.717, 1.165) is 83.5 Å². The highest BCUT2D eigenvalue weighted by molar-refractivity contribution is 5.77. The third-order valence-corrected chi connectivity index (χ3v) is 12.4. The zero-order valence-electron chi connectivity index (χ0n) is 42.0. The predicted molar refractivity (Wildman–Crippen MR) is 273 cm³/mol. The zero-order chi connectivity index (χ0) is 45.9. The topological polar surface area (TPSA) is 95.9 Å². The van der Waals surface area contributed by atoms with Crippen LogP contribution in [0.15, 0.2) is 48.6 Å². The van der Waals surface area contributed by atoms with Crippen LogP contribution in [-0.4, -0.2) is 46.9 Å². The molecule has 3 atom stereocenters. The Bertz CT molecular complexity index is 1080. The number of allylic oxidation sites excluding steroid dienone is 8. The van der Waals surface area contributed by atoms with Gasteiger partial charge in [0.2, 0.25) is 5.91 Å². The summed E-state index contributed by atoms with van der Waals surface area (Å²) in [4.78, 5) is 26.2. The molecule has 0 radical (unpaired) electrons. The van der Waals surface area contributed by atoms with Gasteiger partial charge in [0.15, 0.2) is 0 Å². The quantitative estimate of drug-likeness (QED) is 0.0245. The Balaban J connectivity index is 4.62. The Kier molecular flexibility index (Phi) is 49.1. The molecule has 6 nitrogen and oxygen atoms in total. The van der Waals surface area contributed by atoms with Gasteiger partial charge in [-0.2, -0.15) is 0 Å². The molecular formula is C57H105NO5. The van der Waals surface area contributed by atoms with E-state index in [1.54, 1.807) is 0 Å². The van der Waals surface area contributed by atoms with Crippen LogP contribution in [0, 0.1) is 0 Å². The summed E-state index contributed by atoms with van der Waals surface area (Å²) in [5, 5.41) is 23.7. The van der Waals surface area contributed by atoms with E-state index in [4.69, 9.17) is 4.74 Å². The summed E-state index contributed by atoms with van der Waals surface area (Å²) in [6.07, 6.45) is 61.7. The van der Waals surface area contributed by atoms with Crippen LogP contribution in [0.5, 0.6) is 0 Å². The number of hydrogen-bond acceptors (Lipinski definition) is 5. The molecule has 0 heterocycles. The SMILES string of the molecule is CCCCCCC/C=C/C=C/C=C/CCCCCCCC(=O)OC(CCCCC/C=C/CCCCCCCCCCC)CC(=O)NC(CO)C(O)CCCCCCCCCCCC. The molecule has 368 valence electrons. The average molecular weight is 884 g/mol. The highest BCUT2D eigenvalue weighted by atomic mass is 16.5. The minimum absolute atomic E-state index is 0.0595. The summed E-state index contributed by atoms with van der Waals surface area (Å²) in [5.74, 6) is -0.505. The van der Waals surface area contributed by atoms with Crippen molar-refractivity contribution < 1.29 is 24.5 Å². The average Bonchev–Trinajstić information content (AvgIpc) is 3.28. The van der Waals surface area contributed by atoms with Gasteiger partial charge < -0.3 is 20.3 Å². The Morgan fingerprint density at radius 2 is 0.825 bits per heavy atom. The fourth-order valence-electron chi connectivity index (χ4n) is 8.25. The second-order valence-corrected chi connectivity index (χ2v) is 18.7. The number of nitrogens with one attached hydrogen (secondary N) is 1. The van der Waals surface area contributed by atoms with Gasteiger partial charge in [0, 0.05) is 6.42 Å². The van der Waals surface area contributed by atoms with Crippen molar-refractivity contribution >= 4 is 11.9 Å². The molecule has 0 aliphatic carbocycles. The largest absolute Gasteiger partial charge is 0.462 e. The second-order valence-electron chi connectivity index (χ2n) is 18.7. The van der Waals surface area contributed by atoms with E-state index < -0.39 is 18.2 Å². The monoisotopic (exact) mass is 884 g/mol. The smallest absolute Gasteiger partial charge is 0.306 e. The molecule has 0 aromatic carbocycles. The zero-order valence-corrected chi connectivity index (χ0v) is 42.0. The van der Waals surface area contributed by atoms with Crippen LogP contribution in [0.25, 0.3) is 0 Å². The Labute approximate surface area is 391 Å². The van der Waals surface area contributed by atoms with Gasteiger partial charge in [-0.1, -0.05) is 236 Å². The van der Waals surface area contributed by atoms with Crippen LogP contribution >= 0.6 is 0 Å². The fourth-order valence-corrected chi connectivity index (χ4v) is 8.25. The van der Waals surface area contributed by atoms with Crippen molar-refractivity contribution in [2.45, 2.75) is 296 Å². The summed E-state index contributed by atoms with van der Waals surface area (Å²) in [7, 11) is 0. The van der Waals surface area contributed by atoms with E-state index in [2.05, 4.69) is 74.7 Å². The Morgan fingerprint density at radius 3 is 1.27 bits per heavy atom. The maximum absolute atomic E-state index is 13.2. The summed E-state index contributed by atoms with van der Waals surface area (Å²) < 4.78 is 5.93. The first-order valence-corrected chi connectivity index (χ1v) is 27.4. The standard InChI is InChI=1S/C57H105NO5/c1-4-7-10-13-16-19-22-24-26-28-29-31-33-35-38-41-44-47-50-57(62)63-53(48-45-42-39-36-34-32-30-27-25-23-20-17-14-11-8-5-2)51-56(61)58-54(52-59)55(60)49-46-43-40-37-21-18-15-12-9-6-3/h22,24,26,28-29,31-32,34,53-55,59-60H,4-21,23,25,27,30,33,35-52H2,1-3H3,(H,58,61)/b24-22+,28-26+,31-29+,34-32+. The molecule has 6 heteroatoms. The molecule has 3 unspecified atom stereocenters. The first-order valence-electron chi connectivity index (χ1n) is 27.4. The summed E-state index contributed by atoms with van der Waals surface area (Å²) in [5.41, 5.74) is 0. The molecule has 0 aliphatic heterocycles. The Morgan fingerprint density at radius 1 is 0.460 bits per heavy atom. The molecule has 3 N–H and O–H groups in total. The van der Waals surface area contributed by atoms with E-state index in [1.807, 2.05) is 0 Å². The number of rotatable bonds is 49. The highest BCUT2D eigenvalue weighted by Gasteiger charge is 2.24. The molecule has 0 saturated carbocycles. The summed E-state index contributed by atoms with van der Waals surface area (Å²) >= 11 is 0. The van der Waals surface area contributed by atoms with Crippen molar-refractivity contribution in [1.82, 2.24) is 5.32 Å². The molecule has 0 aliphatic rings. The third kappa shape index (κ3) is 46.2. The number of hydrogen-bond donors (Lipinski definition) is 3. The molecule has 0 aromatic rings. The van der Waals surface area contributed by atoms with Gasteiger partial charge in [0.25, 0.3) is 0 Å². The molecule has 0 saturated heterocycles. The number of aliphatic hydroxyl groups excluding tert-OH is 2. The second kappa shape index (κ2) is 50.8. The van der Waals surface area contributed by atoms with E-state index in [9.17, 15) is 19.8 Å².